The van der Waals surface area contributed by atoms with Gasteiger partial charge in [0.1, 0.15) is 18.1 Å². The Balaban J connectivity index is 2.01. The van der Waals surface area contributed by atoms with Gasteiger partial charge in [0.2, 0.25) is 5.88 Å². The number of benzene rings is 1. The van der Waals surface area contributed by atoms with E-state index in [2.05, 4.69) is 9.97 Å². The lowest BCUT2D eigenvalue weighted by Crippen LogP contribution is -2.21. The Hall–Kier alpha value is -2.14. The maximum Gasteiger partial charge on any atom is 0.237 e. The summed E-state index contributed by atoms with van der Waals surface area (Å²) >= 11 is 0. The van der Waals surface area contributed by atoms with Crippen LogP contribution in [0, 0.1) is 0 Å². The van der Waals surface area contributed by atoms with Crippen LogP contribution in [0.5, 0.6) is 11.6 Å². The highest BCUT2D eigenvalue weighted by Gasteiger charge is 2.15. The van der Waals surface area contributed by atoms with Crippen LogP contribution in [0.4, 0.5) is 0 Å². The number of aromatic nitrogens is 2. The van der Waals surface area contributed by atoms with Crippen molar-refractivity contribution in [3.63, 3.8) is 0 Å². The fourth-order valence-electron chi connectivity index (χ4n) is 1.53. The van der Waals surface area contributed by atoms with Gasteiger partial charge in [-0.25, -0.2) is 4.98 Å². The average Bonchev–Trinajstić information content (AvgIpc) is 2.45. The highest BCUT2D eigenvalue weighted by molar-refractivity contribution is 5.23. The standard InChI is InChI=1S/C13H15N3O2/c1-17-13-12(15-7-8-16-13)11(14)9-18-10-5-3-2-4-6-10/h2-8,11H,9,14H2,1H3. The summed E-state index contributed by atoms with van der Waals surface area (Å²) in [6.07, 6.45) is 3.15. The van der Waals surface area contributed by atoms with Crippen LogP contribution in [0.1, 0.15) is 11.7 Å². The molecular formula is C13H15N3O2. The van der Waals surface area contributed by atoms with Gasteiger partial charge in [-0.05, 0) is 12.1 Å². The number of hydrogen-bond donors (Lipinski definition) is 1. The zero-order chi connectivity index (χ0) is 12.8. The maximum absolute atomic E-state index is 6.01. The van der Waals surface area contributed by atoms with Crippen molar-refractivity contribution in [1.82, 2.24) is 9.97 Å². The lowest BCUT2D eigenvalue weighted by atomic mass is 10.2. The predicted octanol–water partition coefficient (Wildman–Crippen LogP) is 1.56. The molecule has 1 unspecified atom stereocenters. The quantitative estimate of drug-likeness (QED) is 0.865. The Morgan fingerprint density at radius 3 is 2.61 bits per heavy atom. The highest BCUT2D eigenvalue weighted by Crippen LogP contribution is 2.19. The molecule has 0 aliphatic carbocycles. The zero-order valence-electron chi connectivity index (χ0n) is 10.1. The smallest absolute Gasteiger partial charge is 0.237 e. The summed E-state index contributed by atoms with van der Waals surface area (Å²) in [6.45, 7) is 0.319. The minimum atomic E-state index is -0.381. The van der Waals surface area contributed by atoms with Crippen molar-refractivity contribution in [2.24, 2.45) is 5.73 Å². The SMILES string of the molecule is COc1nccnc1C(N)COc1ccccc1. The Bertz CT molecular complexity index is 491. The van der Waals surface area contributed by atoms with Crippen LogP contribution in [-0.2, 0) is 0 Å². The number of nitrogens with two attached hydrogens (primary N) is 1. The Kier molecular flexibility index (Phi) is 4.09. The van der Waals surface area contributed by atoms with Crippen molar-refractivity contribution in [3.8, 4) is 11.6 Å². The van der Waals surface area contributed by atoms with E-state index >= 15 is 0 Å². The summed E-state index contributed by atoms with van der Waals surface area (Å²) < 4.78 is 10.7. The summed E-state index contributed by atoms with van der Waals surface area (Å²) in [5.41, 5.74) is 6.61. The van der Waals surface area contributed by atoms with Gasteiger partial charge in [0.25, 0.3) is 0 Å². The third kappa shape index (κ3) is 2.95. The molecule has 1 aromatic carbocycles. The molecular weight excluding hydrogens is 230 g/mol. The molecule has 94 valence electrons. The summed E-state index contributed by atoms with van der Waals surface area (Å²) in [4.78, 5) is 8.22. The average molecular weight is 245 g/mol. The second kappa shape index (κ2) is 5.97. The fraction of sp³-hybridized carbons (Fsp3) is 0.231. The summed E-state index contributed by atoms with van der Waals surface area (Å²) in [5.74, 6) is 1.21. The van der Waals surface area contributed by atoms with Crippen molar-refractivity contribution in [3.05, 3.63) is 48.4 Å². The number of hydrogen-bond acceptors (Lipinski definition) is 5. The second-order valence-electron chi connectivity index (χ2n) is 3.68. The van der Waals surface area contributed by atoms with Gasteiger partial charge in [-0.1, -0.05) is 18.2 Å². The highest BCUT2D eigenvalue weighted by atomic mass is 16.5. The molecule has 5 nitrogen and oxygen atoms in total. The largest absolute Gasteiger partial charge is 0.492 e. The molecule has 1 heterocycles. The van der Waals surface area contributed by atoms with E-state index in [4.69, 9.17) is 15.2 Å². The molecule has 2 N–H and O–H groups in total. The van der Waals surface area contributed by atoms with Gasteiger partial charge in [0.15, 0.2) is 0 Å². The Labute approximate surface area is 106 Å². The van der Waals surface area contributed by atoms with Crippen LogP contribution in [0.2, 0.25) is 0 Å². The number of nitrogens with zero attached hydrogens (tertiary/aromatic N) is 2. The van der Waals surface area contributed by atoms with Crippen molar-refractivity contribution < 1.29 is 9.47 Å². The van der Waals surface area contributed by atoms with Gasteiger partial charge in [0.05, 0.1) is 13.2 Å². The van der Waals surface area contributed by atoms with E-state index in [1.165, 1.54) is 7.11 Å². The van der Waals surface area contributed by atoms with Gasteiger partial charge in [-0.15, -0.1) is 0 Å². The van der Waals surface area contributed by atoms with Gasteiger partial charge < -0.3 is 15.2 Å². The Morgan fingerprint density at radius 2 is 1.89 bits per heavy atom. The Morgan fingerprint density at radius 1 is 1.17 bits per heavy atom. The summed E-state index contributed by atoms with van der Waals surface area (Å²) in [6, 6.07) is 9.11. The van der Waals surface area contributed by atoms with Gasteiger partial charge >= 0.3 is 0 Å². The maximum atomic E-state index is 6.01. The number of rotatable bonds is 5. The lowest BCUT2D eigenvalue weighted by Gasteiger charge is -2.14. The molecule has 0 bridgehead atoms. The third-order valence-electron chi connectivity index (χ3n) is 2.41. The number of methoxy groups -OCH3 is 1. The van der Waals surface area contributed by atoms with Crippen molar-refractivity contribution in [1.29, 1.82) is 0 Å². The molecule has 0 fully saturated rings. The zero-order valence-corrected chi connectivity index (χ0v) is 10.1. The molecule has 0 saturated carbocycles. The van der Waals surface area contributed by atoms with Crippen molar-refractivity contribution in [2.75, 3.05) is 13.7 Å². The van der Waals surface area contributed by atoms with Crippen LogP contribution in [-0.4, -0.2) is 23.7 Å². The molecule has 1 aromatic heterocycles. The van der Waals surface area contributed by atoms with Crippen LogP contribution >= 0.6 is 0 Å². The van der Waals surface area contributed by atoms with E-state index < -0.39 is 0 Å². The normalized spacial score (nSPS) is 11.9. The molecule has 0 radical (unpaired) electrons. The number of para-hydroxylation sites is 1. The fourth-order valence-corrected chi connectivity index (χ4v) is 1.53. The van der Waals surface area contributed by atoms with Gasteiger partial charge in [-0.3, -0.25) is 4.98 Å². The molecule has 0 aliphatic heterocycles. The molecule has 2 rings (SSSR count). The minimum absolute atomic E-state index is 0.319. The van der Waals surface area contributed by atoms with Gasteiger partial charge in [-0.2, -0.15) is 0 Å². The van der Waals surface area contributed by atoms with Crippen molar-refractivity contribution >= 4 is 0 Å². The van der Waals surface area contributed by atoms with E-state index in [-0.39, 0.29) is 6.04 Å². The first kappa shape index (κ1) is 12.3. The predicted molar refractivity (Wildman–Crippen MR) is 67.4 cm³/mol. The van der Waals surface area contributed by atoms with E-state index in [1.807, 2.05) is 30.3 Å². The van der Waals surface area contributed by atoms with E-state index in [1.54, 1.807) is 12.4 Å². The topological polar surface area (TPSA) is 70.3 Å². The molecule has 2 aromatic rings. The van der Waals surface area contributed by atoms with Crippen LogP contribution in [0.15, 0.2) is 42.7 Å². The molecule has 0 aliphatic rings. The third-order valence-corrected chi connectivity index (χ3v) is 2.41. The van der Waals surface area contributed by atoms with Crippen LogP contribution < -0.4 is 15.2 Å². The van der Waals surface area contributed by atoms with Crippen LogP contribution in [0.25, 0.3) is 0 Å². The molecule has 18 heavy (non-hydrogen) atoms. The van der Waals surface area contributed by atoms with E-state index in [0.717, 1.165) is 5.75 Å². The first-order valence-electron chi connectivity index (χ1n) is 5.59. The summed E-state index contributed by atoms with van der Waals surface area (Å²) in [7, 11) is 1.54. The molecule has 1 atom stereocenters. The minimum Gasteiger partial charge on any atom is -0.492 e. The molecule has 0 saturated heterocycles. The van der Waals surface area contributed by atoms with Gasteiger partial charge in [0, 0.05) is 12.4 Å². The summed E-state index contributed by atoms with van der Waals surface area (Å²) in [5, 5.41) is 0. The monoisotopic (exact) mass is 245 g/mol. The van der Waals surface area contributed by atoms with Crippen molar-refractivity contribution in [2.45, 2.75) is 6.04 Å². The van der Waals surface area contributed by atoms with E-state index in [9.17, 15) is 0 Å². The molecule has 0 amide bonds. The first-order chi connectivity index (χ1) is 8.81. The lowest BCUT2D eigenvalue weighted by molar-refractivity contribution is 0.282. The second-order valence-corrected chi connectivity index (χ2v) is 3.68. The first-order valence-corrected chi connectivity index (χ1v) is 5.59. The number of ether oxygens (including phenoxy) is 2. The van der Waals surface area contributed by atoms with Crippen LogP contribution in [0.3, 0.4) is 0 Å². The van der Waals surface area contributed by atoms with E-state index in [0.29, 0.717) is 18.2 Å². The molecule has 5 heteroatoms. The molecule has 0 spiro atoms.